The molecule has 13 heavy (non-hydrogen) atoms. The number of rotatable bonds is 2. The molecule has 0 atom stereocenters. The van der Waals surface area contributed by atoms with Crippen molar-refractivity contribution in [1.82, 2.24) is 0 Å². The summed E-state index contributed by atoms with van der Waals surface area (Å²) in [4.78, 5) is 10.2. The lowest BCUT2D eigenvalue weighted by atomic mass is 10.1. The minimum absolute atomic E-state index is 0.100. The molecular weight excluding hydrogens is 307 g/mol. The van der Waals surface area contributed by atoms with Gasteiger partial charge in [-0.1, -0.05) is 31.9 Å². The Morgan fingerprint density at radius 2 is 2.08 bits per heavy atom. The molecule has 0 amide bonds. The number of halogens is 3. The molecule has 5 heteroatoms. The lowest BCUT2D eigenvalue weighted by Gasteiger charge is -2.07. The molecule has 0 bridgehead atoms. The van der Waals surface area contributed by atoms with E-state index in [4.69, 9.17) is 0 Å². The molecule has 0 N–H and O–H groups in total. The molecule has 0 saturated carbocycles. The number of carboxylic acids is 1. The summed E-state index contributed by atoms with van der Waals surface area (Å²) in [5, 5.41) is 10.2. The highest BCUT2D eigenvalue weighted by molar-refractivity contribution is 9.11. The van der Waals surface area contributed by atoms with Gasteiger partial charge in [0.2, 0.25) is 0 Å². The molecule has 0 aliphatic carbocycles. The molecule has 0 spiro atoms. The first-order valence-electron chi connectivity index (χ1n) is 3.34. The van der Waals surface area contributed by atoms with Crippen LogP contribution in [0.4, 0.5) is 4.39 Å². The summed E-state index contributed by atoms with van der Waals surface area (Å²) in [6, 6.07) is 2.80. The fraction of sp³-hybridized carbons (Fsp3) is 0.125. The number of carbonyl (C=O) groups is 1. The largest absolute Gasteiger partial charge is 0.550 e. The van der Waals surface area contributed by atoms with Crippen LogP contribution in [-0.2, 0) is 11.2 Å². The van der Waals surface area contributed by atoms with E-state index in [1.54, 1.807) is 6.07 Å². The summed E-state index contributed by atoms with van der Waals surface area (Å²) >= 11 is 6.15. The van der Waals surface area contributed by atoms with Crippen molar-refractivity contribution in [3.63, 3.8) is 0 Å². The first kappa shape index (κ1) is 10.7. The Balaban J connectivity index is 3.13. The van der Waals surface area contributed by atoms with Crippen molar-refractivity contribution in [1.29, 1.82) is 0 Å². The fourth-order valence-electron chi connectivity index (χ4n) is 0.885. The van der Waals surface area contributed by atoms with Gasteiger partial charge in [-0.25, -0.2) is 4.39 Å². The Labute approximate surface area is 91.0 Å². The Morgan fingerprint density at radius 3 is 2.54 bits per heavy atom. The first-order valence-corrected chi connectivity index (χ1v) is 4.92. The zero-order valence-corrected chi connectivity index (χ0v) is 9.48. The maximum Gasteiger partial charge on any atom is 0.129 e. The number of aliphatic carboxylic acids is 1. The van der Waals surface area contributed by atoms with E-state index in [9.17, 15) is 14.3 Å². The molecule has 0 aliphatic heterocycles. The van der Waals surface area contributed by atoms with E-state index in [1.165, 1.54) is 6.07 Å². The second-order valence-electron chi connectivity index (χ2n) is 2.40. The highest BCUT2D eigenvalue weighted by atomic mass is 79.9. The molecule has 0 aliphatic rings. The summed E-state index contributed by atoms with van der Waals surface area (Å²) in [7, 11) is 0. The Kier molecular flexibility index (Phi) is 3.44. The third kappa shape index (κ3) is 2.77. The quantitative estimate of drug-likeness (QED) is 0.833. The van der Waals surface area contributed by atoms with Gasteiger partial charge in [-0.2, -0.15) is 0 Å². The van der Waals surface area contributed by atoms with Crippen LogP contribution in [0.15, 0.2) is 21.1 Å². The summed E-state index contributed by atoms with van der Waals surface area (Å²) in [6.07, 6.45) is -0.431. The second kappa shape index (κ2) is 4.19. The van der Waals surface area contributed by atoms with Crippen molar-refractivity contribution in [3.8, 4) is 0 Å². The Morgan fingerprint density at radius 1 is 1.46 bits per heavy atom. The Hall–Kier alpha value is -0.420. The minimum atomic E-state index is -1.30. The van der Waals surface area contributed by atoms with E-state index in [-0.39, 0.29) is 5.56 Å². The first-order chi connectivity index (χ1) is 6.00. The number of hydrogen-bond acceptors (Lipinski definition) is 2. The standard InChI is InChI=1S/C8H5Br2FO2/c9-4-1-6(10)5(3-8(12)13)7(11)2-4/h1-2H,3H2,(H,12,13)/p-1. The van der Waals surface area contributed by atoms with Gasteiger partial charge in [0.15, 0.2) is 0 Å². The Bertz CT molecular complexity index is 329. The van der Waals surface area contributed by atoms with Gasteiger partial charge in [0.1, 0.15) is 5.82 Å². The van der Waals surface area contributed by atoms with E-state index in [2.05, 4.69) is 31.9 Å². The lowest BCUT2D eigenvalue weighted by molar-refractivity contribution is -0.304. The van der Waals surface area contributed by atoms with Crippen LogP contribution >= 0.6 is 31.9 Å². The van der Waals surface area contributed by atoms with Crippen LogP contribution in [0.1, 0.15) is 5.56 Å². The number of carbonyl (C=O) groups excluding carboxylic acids is 1. The molecule has 0 fully saturated rings. The van der Waals surface area contributed by atoms with E-state index in [1.807, 2.05) is 0 Å². The summed E-state index contributed by atoms with van der Waals surface area (Å²) in [6.45, 7) is 0. The van der Waals surface area contributed by atoms with E-state index < -0.39 is 18.2 Å². The van der Waals surface area contributed by atoms with E-state index in [0.717, 1.165) is 0 Å². The highest BCUT2D eigenvalue weighted by Gasteiger charge is 2.08. The highest BCUT2D eigenvalue weighted by Crippen LogP contribution is 2.25. The molecule has 70 valence electrons. The summed E-state index contributed by atoms with van der Waals surface area (Å²) < 4.78 is 14.1. The minimum Gasteiger partial charge on any atom is -0.550 e. The van der Waals surface area contributed by atoms with Gasteiger partial charge in [-0.15, -0.1) is 0 Å². The average Bonchev–Trinajstić information content (AvgIpc) is 1.96. The zero-order valence-electron chi connectivity index (χ0n) is 6.31. The van der Waals surface area contributed by atoms with Crippen LogP contribution in [0.5, 0.6) is 0 Å². The van der Waals surface area contributed by atoms with Crippen LogP contribution in [0.3, 0.4) is 0 Å². The molecule has 1 aromatic rings. The molecule has 0 aromatic heterocycles. The third-order valence-corrected chi connectivity index (χ3v) is 2.59. The average molecular weight is 311 g/mol. The van der Waals surface area contributed by atoms with Crippen molar-refractivity contribution in [3.05, 3.63) is 32.5 Å². The maximum absolute atomic E-state index is 13.1. The van der Waals surface area contributed by atoms with Crippen LogP contribution < -0.4 is 5.11 Å². The monoisotopic (exact) mass is 309 g/mol. The topological polar surface area (TPSA) is 40.1 Å². The van der Waals surface area contributed by atoms with E-state index >= 15 is 0 Å². The van der Waals surface area contributed by atoms with Gasteiger partial charge in [0, 0.05) is 26.9 Å². The third-order valence-electron chi connectivity index (χ3n) is 1.43. The van der Waals surface area contributed by atoms with Crippen LogP contribution in [0, 0.1) is 5.82 Å². The maximum atomic E-state index is 13.1. The SMILES string of the molecule is O=C([O-])Cc1c(F)cc(Br)cc1Br. The van der Waals surface area contributed by atoms with Gasteiger partial charge in [-0.3, -0.25) is 0 Å². The second-order valence-corrected chi connectivity index (χ2v) is 4.17. The van der Waals surface area contributed by atoms with Gasteiger partial charge in [-0.05, 0) is 12.1 Å². The molecule has 1 aromatic carbocycles. The summed E-state index contributed by atoms with van der Waals surface area (Å²) in [5.41, 5.74) is 0.100. The molecule has 2 nitrogen and oxygen atoms in total. The molecular formula is C8H4Br2FO2-. The number of hydrogen-bond donors (Lipinski definition) is 0. The van der Waals surface area contributed by atoms with Crippen molar-refractivity contribution < 1.29 is 14.3 Å². The number of carboxylic acid groups (broad SMARTS) is 1. The molecule has 0 radical (unpaired) electrons. The van der Waals surface area contributed by atoms with Crippen LogP contribution in [-0.4, -0.2) is 5.97 Å². The smallest absolute Gasteiger partial charge is 0.129 e. The van der Waals surface area contributed by atoms with Gasteiger partial charge in [0.25, 0.3) is 0 Å². The van der Waals surface area contributed by atoms with E-state index in [0.29, 0.717) is 8.95 Å². The van der Waals surface area contributed by atoms with Gasteiger partial charge < -0.3 is 9.90 Å². The molecule has 1 rings (SSSR count). The summed E-state index contributed by atoms with van der Waals surface area (Å²) in [5.74, 6) is -1.87. The van der Waals surface area contributed by atoms with Crippen molar-refractivity contribution >= 4 is 37.8 Å². The predicted molar refractivity (Wildman–Crippen MR) is 50.5 cm³/mol. The molecule has 0 saturated heterocycles. The van der Waals surface area contributed by atoms with Gasteiger partial charge >= 0.3 is 0 Å². The van der Waals surface area contributed by atoms with Crippen molar-refractivity contribution in [2.24, 2.45) is 0 Å². The lowest BCUT2D eigenvalue weighted by Crippen LogP contribution is -2.25. The molecule has 0 unspecified atom stereocenters. The van der Waals surface area contributed by atoms with Crippen LogP contribution in [0.25, 0.3) is 0 Å². The normalized spacial score (nSPS) is 10.1. The van der Waals surface area contributed by atoms with Crippen molar-refractivity contribution in [2.45, 2.75) is 6.42 Å². The predicted octanol–water partition coefficient (Wildman–Crippen LogP) is 1.64. The molecule has 0 heterocycles. The van der Waals surface area contributed by atoms with Gasteiger partial charge in [0.05, 0.1) is 0 Å². The zero-order chi connectivity index (χ0) is 10.0. The van der Waals surface area contributed by atoms with Crippen LogP contribution in [0.2, 0.25) is 0 Å². The fourth-order valence-corrected chi connectivity index (χ4v) is 2.20. The van der Waals surface area contributed by atoms with Crippen molar-refractivity contribution in [2.75, 3.05) is 0 Å². The number of benzene rings is 1.